The van der Waals surface area contributed by atoms with E-state index in [-0.39, 0.29) is 37.1 Å². The van der Waals surface area contributed by atoms with Crippen molar-refractivity contribution in [1.29, 1.82) is 0 Å². The molecule has 0 N–H and O–H groups in total. The van der Waals surface area contributed by atoms with Crippen LogP contribution in [0.25, 0.3) is 0 Å². The average molecular weight is 573 g/mol. The van der Waals surface area contributed by atoms with Gasteiger partial charge in [-0.1, -0.05) is 26.0 Å². The molecule has 0 unspecified atom stereocenters. The van der Waals surface area contributed by atoms with Crippen molar-refractivity contribution in [3.05, 3.63) is 64.7 Å². The summed E-state index contributed by atoms with van der Waals surface area (Å²) in [4.78, 5) is 30.3. The largest absolute Gasteiger partial charge is 0.473 e. The summed E-state index contributed by atoms with van der Waals surface area (Å²) in [5.41, 5.74) is 0.832. The Hall–Kier alpha value is -3.07. The number of ether oxygens (including phenoxy) is 2. The van der Waals surface area contributed by atoms with Crippen molar-refractivity contribution in [1.82, 2.24) is 9.80 Å². The molecular weight excluding hydrogens is 533 g/mol. The highest BCUT2D eigenvalue weighted by Crippen LogP contribution is 2.49. The first-order chi connectivity index (χ1) is 19.5. The average Bonchev–Trinajstić information content (AvgIpc) is 3.43. The van der Waals surface area contributed by atoms with Crippen LogP contribution in [0, 0.1) is 11.3 Å². The highest BCUT2D eigenvalue weighted by Gasteiger charge is 2.51. The number of carbonyl (C=O) groups is 2. The Kier molecular flexibility index (Phi) is 8.37. The molecule has 0 bridgehead atoms. The topological polar surface area (TPSA) is 59.1 Å². The summed E-state index contributed by atoms with van der Waals surface area (Å²) in [7, 11) is 0. The SMILES string of the molecule is CCOC(=O)c1cccc(C2CCN([C@H]3CC[C@@](C(=O)N4COc5ccc(C(F)(F)F)cc5C4)(C(C)C)C3)CC2)c1. The minimum atomic E-state index is -4.45. The zero-order chi connectivity index (χ0) is 29.4. The van der Waals surface area contributed by atoms with Gasteiger partial charge in [0.15, 0.2) is 6.73 Å². The normalized spacial score (nSPS) is 23.8. The summed E-state index contributed by atoms with van der Waals surface area (Å²) in [6, 6.07) is 11.5. The van der Waals surface area contributed by atoms with Gasteiger partial charge in [-0.3, -0.25) is 4.79 Å². The molecule has 0 radical (unpaired) electrons. The number of nitrogens with zero attached hydrogens (tertiary/aromatic N) is 2. The molecule has 222 valence electrons. The maximum atomic E-state index is 14.0. The second-order valence-corrected chi connectivity index (χ2v) is 12.0. The van der Waals surface area contributed by atoms with Gasteiger partial charge in [0.25, 0.3) is 0 Å². The predicted molar refractivity (Wildman–Crippen MR) is 148 cm³/mol. The maximum Gasteiger partial charge on any atom is 0.416 e. The van der Waals surface area contributed by atoms with E-state index in [0.717, 1.165) is 62.9 Å². The Labute approximate surface area is 239 Å². The van der Waals surface area contributed by atoms with Crippen LogP contribution in [-0.4, -0.2) is 54.1 Å². The zero-order valence-electron chi connectivity index (χ0n) is 24.0. The minimum Gasteiger partial charge on any atom is -0.473 e. The number of piperidine rings is 1. The van der Waals surface area contributed by atoms with Gasteiger partial charge in [-0.05, 0) is 99.8 Å². The Bertz CT molecular complexity index is 1270. The van der Waals surface area contributed by atoms with Crippen molar-refractivity contribution < 1.29 is 32.2 Å². The molecule has 5 rings (SSSR count). The number of fused-ring (bicyclic) bond motifs is 1. The number of halogens is 3. The number of likely N-dealkylation sites (tertiary alicyclic amines) is 1. The van der Waals surface area contributed by atoms with Crippen molar-refractivity contribution in [3.8, 4) is 5.75 Å². The summed E-state index contributed by atoms with van der Waals surface area (Å²) in [5, 5.41) is 0. The molecule has 2 heterocycles. The Balaban J connectivity index is 1.23. The van der Waals surface area contributed by atoms with E-state index in [2.05, 4.69) is 24.8 Å². The molecule has 1 saturated heterocycles. The Morgan fingerprint density at radius 2 is 1.85 bits per heavy atom. The molecule has 2 aromatic carbocycles. The van der Waals surface area contributed by atoms with Crippen LogP contribution in [0.4, 0.5) is 13.2 Å². The van der Waals surface area contributed by atoms with Gasteiger partial charge in [-0.25, -0.2) is 4.79 Å². The van der Waals surface area contributed by atoms with E-state index in [0.29, 0.717) is 29.4 Å². The number of alkyl halides is 3. The third-order valence-electron chi connectivity index (χ3n) is 9.38. The molecule has 2 atom stereocenters. The highest BCUT2D eigenvalue weighted by atomic mass is 19.4. The van der Waals surface area contributed by atoms with Gasteiger partial charge in [0.05, 0.1) is 29.7 Å². The first-order valence-corrected chi connectivity index (χ1v) is 14.6. The Morgan fingerprint density at radius 1 is 1.10 bits per heavy atom. The van der Waals surface area contributed by atoms with E-state index in [1.54, 1.807) is 17.9 Å². The number of rotatable bonds is 6. The van der Waals surface area contributed by atoms with Gasteiger partial charge in [0.2, 0.25) is 5.91 Å². The van der Waals surface area contributed by atoms with Crippen molar-refractivity contribution in [2.75, 3.05) is 26.4 Å². The smallest absolute Gasteiger partial charge is 0.416 e. The van der Waals surface area contributed by atoms with Crippen LogP contribution in [-0.2, 0) is 22.3 Å². The van der Waals surface area contributed by atoms with Crippen molar-refractivity contribution in [2.45, 2.75) is 77.6 Å². The van der Waals surface area contributed by atoms with Gasteiger partial charge >= 0.3 is 12.1 Å². The number of benzene rings is 2. The molecule has 1 saturated carbocycles. The fourth-order valence-corrected chi connectivity index (χ4v) is 6.92. The lowest BCUT2D eigenvalue weighted by atomic mass is 9.74. The third kappa shape index (κ3) is 5.96. The van der Waals surface area contributed by atoms with E-state index < -0.39 is 17.2 Å². The number of esters is 1. The summed E-state index contributed by atoms with van der Waals surface area (Å²) >= 11 is 0. The quantitative estimate of drug-likeness (QED) is 0.364. The monoisotopic (exact) mass is 572 g/mol. The van der Waals surface area contributed by atoms with E-state index >= 15 is 0 Å². The molecule has 1 aliphatic carbocycles. The van der Waals surface area contributed by atoms with Gasteiger partial charge in [0, 0.05) is 11.6 Å². The summed E-state index contributed by atoms with van der Waals surface area (Å²) < 4.78 is 50.8. The van der Waals surface area contributed by atoms with Crippen LogP contribution in [0.15, 0.2) is 42.5 Å². The summed E-state index contributed by atoms with van der Waals surface area (Å²) in [5.74, 6) is 0.539. The highest BCUT2D eigenvalue weighted by molar-refractivity contribution is 5.89. The predicted octanol–water partition coefficient (Wildman–Crippen LogP) is 6.64. The number of amides is 1. The first-order valence-electron chi connectivity index (χ1n) is 14.6. The van der Waals surface area contributed by atoms with Gasteiger partial charge in [0.1, 0.15) is 5.75 Å². The number of carbonyl (C=O) groups excluding carboxylic acids is 2. The van der Waals surface area contributed by atoms with Crippen LogP contribution in [0.5, 0.6) is 5.75 Å². The second kappa shape index (κ2) is 11.7. The number of hydrogen-bond acceptors (Lipinski definition) is 5. The van der Waals surface area contributed by atoms with Crippen LogP contribution in [0.1, 0.15) is 85.8 Å². The maximum absolute atomic E-state index is 14.0. The lowest BCUT2D eigenvalue weighted by Gasteiger charge is -2.41. The van der Waals surface area contributed by atoms with Gasteiger partial charge in [-0.2, -0.15) is 13.2 Å². The Morgan fingerprint density at radius 3 is 2.54 bits per heavy atom. The fraction of sp³-hybridized carbons (Fsp3) is 0.562. The second-order valence-electron chi connectivity index (χ2n) is 12.0. The van der Waals surface area contributed by atoms with Gasteiger partial charge < -0.3 is 19.3 Å². The first kappa shape index (κ1) is 29.4. The summed E-state index contributed by atoms with van der Waals surface area (Å²) in [6.45, 7) is 8.30. The molecule has 2 aliphatic heterocycles. The molecule has 6 nitrogen and oxygen atoms in total. The molecule has 41 heavy (non-hydrogen) atoms. The zero-order valence-corrected chi connectivity index (χ0v) is 24.0. The molecular formula is C32H39F3N2O4. The van der Waals surface area contributed by atoms with Crippen LogP contribution < -0.4 is 4.74 Å². The molecule has 9 heteroatoms. The third-order valence-corrected chi connectivity index (χ3v) is 9.38. The molecule has 3 aliphatic rings. The van der Waals surface area contributed by atoms with E-state index in [1.807, 2.05) is 12.1 Å². The van der Waals surface area contributed by atoms with Crippen LogP contribution in [0.3, 0.4) is 0 Å². The minimum absolute atomic E-state index is 0.0243. The van der Waals surface area contributed by atoms with E-state index in [1.165, 1.54) is 6.07 Å². The van der Waals surface area contributed by atoms with Crippen LogP contribution >= 0.6 is 0 Å². The van der Waals surface area contributed by atoms with Gasteiger partial charge in [-0.15, -0.1) is 0 Å². The molecule has 1 amide bonds. The van der Waals surface area contributed by atoms with E-state index in [9.17, 15) is 22.8 Å². The lowest BCUT2D eigenvalue weighted by Crippen LogP contribution is -2.49. The summed E-state index contributed by atoms with van der Waals surface area (Å²) in [6.07, 6.45) is -0.0970. The molecule has 0 spiro atoms. The number of hydrogen-bond donors (Lipinski definition) is 0. The fourth-order valence-electron chi connectivity index (χ4n) is 6.92. The van der Waals surface area contributed by atoms with Crippen molar-refractivity contribution in [2.24, 2.45) is 11.3 Å². The van der Waals surface area contributed by atoms with E-state index in [4.69, 9.17) is 9.47 Å². The lowest BCUT2D eigenvalue weighted by molar-refractivity contribution is -0.150. The van der Waals surface area contributed by atoms with Crippen molar-refractivity contribution in [3.63, 3.8) is 0 Å². The van der Waals surface area contributed by atoms with Crippen LogP contribution in [0.2, 0.25) is 0 Å². The molecule has 2 aromatic rings. The molecule has 2 fully saturated rings. The van der Waals surface area contributed by atoms with Crippen molar-refractivity contribution >= 4 is 11.9 Å². The molecule has 0 aromatic heterocycles. The standard InChI is InChI=1S/C32H39F3N2O4/c1-4-40-29(38)24-7-5-6-23(16-24)22-11-14-36(15-12-22)27-10-13-31(18-27,21(2)3)30(39)37-19-25-17-26(32(33,34)35)8-9-28(25)41-20-37/h5-9,16-17,21-22,27H,4,10-15,18-20H2,1-3H3/t27-,31-/m0/s1.